The van der Waals surface area contributed by atoms with Gasteiger partial charge in [0.15, 0.2) is 0 Å². The predicted octanol–water partition coefficient (Wildman–Crippen LogP) is 1.12. The molecule has 2 rings (SSSR count). The molecule has 0 aromatic heterocycles. The van der Waals surface area contributed by atoms with Crippen LogP contribution in [0, 0.1) is 0 Å². The fraction of sp³-hybridized carbons (Fsp3) is 0.538. The maximum atomic E-state index is 11.7. The summed E-state index contributed by atoms with van der Waals surface area (Å²) in [7, 11) is 1.32. The van der Waals surface area contributed by atoms with E-state index in [4.69, 9.17) is 4.74 Å². The minimum Gasteiger partial charge on any atom is -0.497 e. The van der Waals surface area contributed by atoms with Gasteiger partial charge in [-0.1, -0.05) is 12.1 Å². The van der Waals surface area contributed by atoms with Crippen LogP contribution >= 0.6 is 0 Å². The summed E-state index contributed by atoms with van der Waals surface area (Å²) in [4.78, 5) is 0. The van der Waals surface area contributed by atoms with E-state index in [-0.39, 0.29) is 5.41 Å². The van der Waals surface area contributed by atoms with Crippen molar-refractivity contribution in [3.63, 3.8) is 0 Å². The van der Waals surface area contributed by atoms with Crippen LogP contribution in [-0.4, -0.2) is 40.5 Å². The minimum atomic E-state index is -3.35. The first-order valence-corrected chi connectivity index (χ1v) is 7.65. The molecule has 0 atom stereocenters. The van der Waals surface area contributed by atoms with Gasteiger partial charge in [0, 0.05) is 26.1 Å². The van der Waals surface area contributed by atoms with Gasteiger partial charge in [0.1, 0.15) is 5.75 Å². The van der Waals surface area contributed by atoms with Crippen molar-refractivity contribution in [2.75, 3.05) is 27.7 Å². The highest BCUT2D eigenvalue weighted by atomic mass is 32.2. The Kier molecular flexibility index (Phi) is 3.85. The van der Waals surface area contributed by atoms with E-state index in [9.17, 15) is 8.42 Å². The lowest BCUT2D eigenvalue weighted by Gasteiger charge is -2.19. The zero-order chi connectivity index (χ0) is 14.1. The molecule has 0 radical (unpaired) electrons. The van der Waals surface area contributed by atoms with Crippen molar-refractivity contribution in [3.8, 4) is 5.75 Å². The molecule has 1 aromatic rings. The maximum absolute atomic E-state index is 11.7. The van der Waals surface area contributed by atoms with Crippen LogP contribution in [0.15, 0.2) is 24.3 Å². The molecular formula is C13H20N2O3S. The molecular weight excluding hydrogens is 264 g/mol. The van der Waals surface area contributed by atoms with Gasteiger partial charge in [-0.15, -0.1) is 0 Å². The van der Waals surface area contributed by atoms with Crippen LogP contribution in [0.2, 0.25) is 0 Å². The molecule has 106 valence electrons. The number of hydrogen-bond donors (Lipinski definition) is 1. The molecule has 0 heterocycles. The number of hydrogen-bond acceptors (Lipinski definition) is 3. The zero-order valence-electron chi connectivity index (χ0n) is 11.5. The molecule has 0 bridgehead atoms. The largest absolute Gasteiger partial charge is 0.497 e. The van der Waals surface area contributed by atoms with Crippen LogP contribution in [-0.2, 0) is 15.6 Å². The topological polar surface area (TPSA) is 58.6 Å². The second kappa shape index (κ2) is 5.11. The summed E-state index contributed by atoms with van der Waals surface area (Å²) in [6.45, 7) is 0.444. The van der Waals surface area contributed by atoms with Crippen molar-refractivity contribution in [2.45, 2.75) is 18.3 Å². The first-order valence-electron chi connectivity index (χ1n) is 6.21. The van der Waals surface area contributed by atoms with Gasteiger partial charge in [-0.2, -0.15) is 12.7 Å². The van der Waals surface area contributed by atoms with Crippen molar-refractivity contribution in [1.82, 2.24) is 9.03 Å². The van der Waals surface area contributed by atoms with E-state index < -0.39 is 10.2 Å². The highest BCUT2D eigenvalue weighted by molar-refractivity contribution is 7.87. The van der Waals surface area contributed by atoms with E-state index in [0.29, 0.717) is 6.54 Å². The van der Waals surface area contributed by atoms with Crippen LogP contribution in [0.25, 0.3) is 0 Å². The summed E-state index contributed by atoms with van der Waals surface area (Å²) in [5.74, 6) is 0.813. The average molecular weight is 284 g/mol. The molecule has 6 heteroatoms. The van der Waals surface area contributed by atoms with Crippen molar-refractivity contribution in [1.29, 1.82) is 0 Å². The molecule has 1 saturated carbocycles. The molecule has 0 amide bonds. The number of ether oxygens (including phenoxy) is 1. The smallest absolute Gasteiger partial charge is 0.278 e. The second-order valence-electron chi connectivity index (χ2n) is 5.12. The van der Waals surface area contributed by atoms with Crippen molar-refractivity contribution < 1.29 is 13.2 Å². The van der Waals surface area contributed by atoms with Gasteiger partial charge in [-0.25, -0.2) is 4.72 Å². The fourth-order valence-corrected chi connectivity index (χ4v) is 2.74. The third kappa shape index (κ3) is 3.08. The lowest BCUT2D eigenvalue weighted by Crippen LogP contribution is -2.39. The Bertz CT molecular complexity index is 534. The number of nitrogens with zero attached hydrogens (tertiary/aromatic N) is 1. The fourth-order valence-electron chi connectivity index (χ4n) is 2.02. The van der Waals surface area contributed by atoms with E-state index in [1.807, 2.05) is 24.3 Å². The molecule has 1 fully saturated rings. The van der Waals surface area contributed by atoms with Gasteiger partial charge < -0.3 is 4.74 Å². The third-order valence-corrected chi connectivity index (χ3v) is 5.10. The van der Waals surface area contributed by atoms with E-state index in [1.54, 1.807) is 7.11 Å². The van der Waals surface area contributed by atoms with Crippen LogP contribution < -0.4 is 9.46 Å². The highest BCUT2D eigenvalue weighted by Gasteiger charge is 2.44. The standard InChI is InChI=1S/C13H20N2O3S/c1-15(2)19(16,17)14-10-13(8-9-13)11-4-6-12(18-3)7-5-11/h4-7,14H,8-10H2,1-3H3. The van der Waals surface area contributed by atoms with Gasteiger partial charge in [0.25, 0.3) is 10.2 Å². The van der Waals surface area contributed by atoms with Gasteiger partial charge in [-0.3, -0.25) is 0 Å². The molecule has 1 aliphatic rings. The lowest BCUT2D eigenvalue weighted by atomic mass is 9.96. The second-order valence-corrected chi connectivity index (χ2v) is 7.09. The van der Waals surface area contributed by atoms with Crippen molar-refractivity contribution in [2.24, 2.45) is 0 Å². The first-order chi connectivity index (χ1) is 8.89. The summed E-state index contributed by atoms with van der Waals surface area (Å²) >= 11 is 0. The Labute approximate surface area is 114 Å². The van der Waals surface area contributed by atoms with E-state index >= 15 is 0 Å². The monoisotopic (exact) mass is 284 g/mol. The maximum Gasteiger partial charge on any atom is 0.278 e. The Hall–Kier alpha value is -1.11. The van der Waals surface area contributed by atoms with Crippen molar-refractivity contribution >= 4 is 10.2 Å². The Morgan fingerprint density at radius 2 is 1.84 bits per heavy atom. The molecule has 0 saturated heterocycles. The molecule has 0 unspecified atom stereocenters. The number of nitrogens with one attached hydrogen (secondary N) is 1. The Morgan fingerprint density at radius 3 is 2.26 bits per heavy atom. The predicted molar refractivity (Wildman–Crippen MR) is 74.5 cm³/mol. The van der Waals surface area contributed by atoms with Crippen LogP contribution in [0.5, 0.6) is 5.75 Å². The van der Waals surface area contributed by atoms with Gasteiger partial charge in [-0.05, 0) is 30.5 Å². The molecule has 1 aliphatic carbocycles. The molecule has 0 aliphatic heterocycles. The molecule has 1 N–H and O–H groups in total. The summed E-state index contributed by atoms with van der Waals surface area (Å²) in [5, 5.41) is 0. The molecule has 1 aromatic carbocycles. The quantitative estimate of drug-likeness (QED) is 0.851. The van der Waals surface area contributed by atoms with E-state index in [0.717, 1.165) is 24.2 Å². The minimum absolute atomic E-state index is 0.0463. The summed E-state index contributed by atoms with van der Waals surface area (Å²) in [6, 6.07) is 7.84. The first kappa shape index (κ1) is 14.3. The van der Waals surface area contributed by atoms with E-state index in [1.165, 1.54) is 18.4 Å². The summed E-state index contributed by atoms with van der Waals surface area (Å²) in [5.41, 5.74) is 1.12. The SMILES string of the molecule is COc1ccc(C2(CNS(=O)(=O)N(C)C)CC2)cc1. The Balaban J connectivity index is 2.07. The van der Waals surface area contributed by atoms with Crippen LogP contribution in [0.4, 0.5) is 0 Å². The average Bonchev–Trinajstić information content (AvgIpc) is 3.18. The normalized spacial score (nSPS) is 17.5. The van der Waals surface area contributed by atoms with Crippen LogP contribution in [0.3, 0.4) is 0 Å². The third-order valence-electron chi connectivity index (χ3n) is 3.63. The zero-order valence-corrected chi connectivity index (χ0v) is 12.3. The number of rotatable bonds is 6. The highest BCUT2D eigenvalue weighted by Crippen LogP contribution is 2.48. The number of methoxy groups -OCH3 is 1. The molecule has 5 nitrogen and oxygen atoms in total. The van der Waals surface area contributed by atoms with Crippen molar-refractivity contribution in [3.05, 3.63) is 29.8 Å². The summed E-state index contributed by atoms with van der Waals surface area (Å²) < 4.78 is 32.4. The molecule has 19 heavy (non-hydrogen) atoms. The molecule has 0 spiro atoms. The lowest BCUT2D eigenvalue weighted by molar-refractivity contribution is 0.414. The van der Waals surface area contributed by atoms with Gasteiger partial charge >= 0.3 is 0 Å². The van der Waals surface area contributed by atoms with E-state index in [2.05, 4.69) is 4.72 Å². The van der Waals surface area contributed by atoms with Crippen LogP contribution in [0.1, 0.15) is 18.4 Å². The Morgan fingerprint density at radius 1 is 1.26 bits per heavy atom. The van der Waals surface area contributed by atoms with Gasteiger partial charge in [0.2, 0.25) is 0 Å². The summed E-state index contributed by atoms with van der Waals surface area (Å²) in [6.07, 6.45) is 2.02. The van der Waals surface area contributed by atoms with Gasteiger partial charge in [0.05, 0.1) is 7.11 Å². The number of benzene rings is 1.